The summed E-state index contributed by atoms with van der Waals surface area (Å²) >= 11 is 0. The van der Waals surface area contributed by atoms with Gasteiger partial charge >= 0.3 is 47.8 Å². The van der Waals surface area contributed by atoms with Crippen LogP contribution in [0.5, 0.6) is 11.5 Å². The molecular formula is C55H76O19. The first-order chi connectivity index (χ1) is 35.8. The van der Waals surface area contributed by atoms with Gasteiger partial charge in [-0.3, -0.25) is 28.8 Å². The Bertz CT molecular complexity index is 2020. The number of aliphatic hydroxyl groups is 1. The molecule has 0 amide bonds. The molecule has 4 saturated carbocycles. The van der Waals surface area contributed by atoms with E-state index in [0.717, 1.165) is 6.08 Å². The van der Waals surface area contributed by atoms with Crippen molar-refractivity contribution in [3.05, 3.63) is 49.1 Å². The number of hydrogen-bond acceptors (Lipinski definition) is 19. The minimum absolute atomic E-state index is 0.0475. The van der Waals surface area contributed by atoms with Crippen LogP contribution in [0.1, 0.15) is 146 Å². The van der Waals surface area contributed by atoms with Gasteiger partial charge < -0.3 is 52.5 Å². The molecule has 0 radical (unpaired) electrons. The summed E-state index contributed by atoms with van der Waals surface area (Å²) in [5, 5.41) is 9.35. The molecule has 0 saturated heterocycles. The molecule has 4 aliphatic rings. The predicted molar refractivity (Wildman–Crippen MR) is 263 cm³/mol. The molecule has 4 aliphatic carbocycles. The highest BCUT2D eigenvalue weighted by atomic mass is 16.6. The van der Waals surface area contributed by atoms with Gasteiger partial charge in [0.05, 0.1) is 68.5 Å². The molecular weight excluding hydrogens is 965 g/mol. The topological polar surface area (TPSA) is 249 Å². The van der Waals surface area contributed by atoms with Crippen LogP contribution >= 0.6 is 0 Å². The van der Waals surface area contributed by atoms with E-state index in [0.29, 0.717) is 142 Å². The highest BCUT2D eigenvalue weighted by Gasteiger charge is 2.37. The number of ether oxygens (including phenoxy) is 10. The standard InChI is InChI=1S/C55H76O19/c1-4-47(56)66-29-7-9-31-68-49(58)36-19-23-42(24-20-36)71-51(60)38-11-13-40(14-12-38)53(62)73-44-27-28-46(45(35-44)55(64)70-34-33-65-6-3)74-54(63)41-17-15-39(16-18-41)52(61)72-43-25-21-37(22-26-43)50(59)69-32-10-8-30-67-48(57)5-2/h4-5,27-28,35-43,48,57H,1-2,6-26,29-34H2,3H3. The van der Waals surface area contributed by atoms with E-state index in [1.807, 2.05) is 0 Å². The zero-order valence-corrected chi connectivity index (χ0v) is 42.9. The van der Waals surface area contributed by atoms with Crippen LogP contribution in [0.3, 0.4) is 0 Å². The first kappa shape index (κ1) is 59.2. The lowest BCUT2D eigenvalue weighted by Gasteiger charge is -2.30. The first-order valence-electron chi connectivity index (χ1n) is 26.6. The Morgan fingerprint density at radius 1 is 0.527 bits per heavy atom. The summed E-state index contributed by atoms with van der Waals surface area (Å²) in [4.78, 5) is 103. The van der Waals surface area contributed by atoms with Crippen molar-refractivity contribution in [2.75, 3.05) is 46.2 Å². The Morgan fingerprint density at radius 2 is 0.959 bits per heavy atom. The molecule has 1 atom stereocenters. The number of carbonyl (C=O) groups is 8. The van der Waals surface area contributed by atoms with E-state index in [1.54, 1.807) is 6.92 Å². The molecule has 1 aromatic carbocycles. The van der Waals surface area contributed by atoms with E-state index in [9.17, 15) is 43.5 Å². The highest BCUT2D eigenvalue weighted by Crippen LogP contribution is 2.36. The second-order valence-electron chi connectivity index (χ2n) is 19.4. The van der Waals surface area contributed by atoms with E-state index in [2.05, 4.69) is 13.2 Å². The van der Waals surface area contributed by atoms with Crippen molar-refractivity contribution in [2.24, 2.45) is 35.5 Å². The average molecular weight is 1040 g/mol. The fourth-order valence-corrected chi connectivity index (χ4v) is 9.60. The number of carbonyl (C=O) groups excluding carboxylic acids is 8. The molecule has 74 heavy (non-hydrogen) atoms. The monoisotopic (exact) mass is 1040 g/mol. The van der Waals surface area contributed by atoms with Crippen LogP contribution in [0.2, 0.25) is 0 Å². The molecule has 1 aromatic rings. The van der Waals surface area contributed by atoms with Gasteiger partial charge in [0.25, 0.3) is 0 Å². The van der Waals surface area contributed by atoms with Gasteiger partial charge in [0, 0.05) is 12.7 Å². The van der Waals surface area contributed by atoms with Crippen LogP contribution in [-0.4, -0.2) is 118 Å². The van der Waals surface area contributed by atoms with Crippen molar-refractivity contribution in [3.8, 4) is 11.5 Å². The molecule has 19 heteroatoms. The molecule has 4 fully saturated rings. The molecule has 1 unspecified atom stereocenters. The van der Waals surface area contributed by atoms with E-state index in [-0.39, 0.29) is 104 Å². The summed E-state index contributed by atoms with van der Waals surface area (Å²) < 4.78 is 54.8. The number of unbranched alkanes of at least 4 members (excludes halogenated alkanes) is 2. The van der Waals surface area contributed by atoms with Crippen LogP contribution in [-0.2, 0) is 71.5 Å². The minimum atomic E-state index is -1.01. The van der Waals surface area contributed by atoms with Crippen LogP contribution in [0, 0.1) is 35.5 Å². The normalized spacial score (nSPS) is 24.1. The van der Waals surface area contributed by atoms with Crippen molar-refractivity contribution >= 4 is 47.8 Å². The van der Waals surface area contributed by atoms with Crippen molar-refractivity contribution in [3.63, 3.8) is 0 Å². The third-order valence-corrected chi connectivity index (χ3v) is 14.1. The zero-order chi connectivity index (χ0) is 53.2. The lowest BCUT2D eigenvalue weighted by Crippen LogP contribution is -2.33. The third-order valence-electron chi connectivity index (χ3n) is 14.1. The predicted octanol–water partition coefficient (Wildman–Crippen LogP) is 7.40. The molecule has 410 valence electrons. The average Bonchev–Trinajstić information content (AvgIpc) is 3.42. The number of esters is 8. The van der Waals surface area contributed by atoms with Gasteiger partial charge in [-0.15, -0.1) is 0 Å². The Morgan fingerprint density at radius 3 is 1.43 bits per heavy atom. The van der Waals surface area contributed by atoms with Gasteiger partial charge in [0.2, 0.25) is 0 Å². The van der Waals surface area contributed by atoms with Crippen molar-refractivity contribution < 1.29 is 90.8 Å². The molecule has 0 heterocycles. The second-order valence-corrected chi connectivity index (χ2v) is 19.4. The van der Waals surface area contributed by atoms with Gasteiger partial charge in [-0.2, -0.15) is 0 Å². The summed E-state index contributed by atoms with van der Waals surface area (Å²) in [6, 6.07) is 4.11. The fraction of sp³-hybridized carbons (Fsp3) is 0.673. The molecule has 0 spiro atoms. The maximum absolute atomic E-state index is 13.5. The van der Waals surface area contributed by atoms with Crippen molar-refractivity contribution in [2.45, 2.75) is 154 Å². The minimum Gasteiger partial charge on any atom is -0.465 e. The zero-order valence-electron chi connectivity index (χ0n) is 42.9. The number of rotatable bonds is 28. The third kappa shape index (κ3) is 19.9. The Kier molecular flexibility index (Phi) is 25.6. The van der Waals surface area contributed by atoms with Gasteiger partial charge in [0.1, 0.15) is 35.9 Å². The molecule has 19 nitrogen and oxygen atoms in total. The fourth-order valence-electron chi connectivity index (χ4n) is 9.60. The maximum Gasteiger partial charge on any atom is 0.342 e. The number of benzene rings is 1. The summed E-state index contributed by atoms with van der Waals surface area (Å²) in [6.45, 7) is 10.1. The quantitative estimate of drug-likeness (QED) is 0.0163. The van der Waals surface area contributed by atoms with Crippen LogP contribution < -0.4 is 9.47 Å². The van der Waals surface area contributed by atoms with E-state index in [1.165, 1.54) is 24.3 Å². The molecule has 0 bridgehead atoms. The van der Waals surface area contributed by atoms with Crippen LogP contribution in [0.15, 0.2) is 43.5 Å². The summed E-state index contributed by atoms with van der Waals surface area (Å²) in [5.74, 6) is -5.98. The van der Waals surface area contributed by atoms with Gasteiger partial charge in [-0.1, -0.05) is 13.2 Å². The lowest BCUT2D eigenvalue weighted by molar-refractivity contribution is -0.161. The van der Waals surface area contributed by atoms with E-state index < -0.39 is 47.9 Å². The Hall–Kier alpha value is -5.66. The number of aliphatic hydroxyl groups excluding tert-OH is 1. The molecule has 0 aliphatic heterocycles. The smallest absolute Gasteiger partial charge is 0.342 e. The van der Waals surface area contributed by atoms with Crippen LogP contribution in [0.25, 0.3) is 0 Å². The molecule has 1 N–H and O–H groups in total. The molecule has 5 rings (SSSR count). The van der Waals surface area contributed by atoms with Gasteiger partial charge in [0.15, 0.2) is 6.29 Å². The summed E-state index contributed by atoms with van der Waals surface area (Å²) in [5.41, 5.74) is -0.120. The molecule has 0 aromatic heterocycles. The van der Waals surface area contributed by atoms with Crippen molar-refractivity contribution in [1.82, 2.24) is 0 Å². The Balaban J connectivity index is 1.02. The van der Waals surface area contributed by atoms with Gasteiger partial charge in [-0.05, 0) is 160 Å². The first-order valence-corrected chi connectivity index (χ1v) is 26.6. The van der Waals surface area contributed by atoms with Gasteiger partial charge in [-0.25, -0.2) is 9.59 Å². The Labute approximate surface area is 433 Å². The number of hydrogen-bond donors (Lipinski definition) is 1. The highest BCUT2D eigenvalue weighted by molar-refractivity contribution is 5.94. The van der Waals surface area contributed by atoms with Crippen molar-refractivity contribution in [1.29, 1.82) is 0 Å². The lowest BCUT2D eigenvalue weighted by atomic mass is 9.82. The SMILES string of the molecule is C=CC(=O)OCCCCOC(=O)C1CCC(OC(=O)C2CCC(C(=O)Oc3ccc(OC(=O)C4CCC(C(=O)OC5CCC(C(=O)OCCCCOC(O)C=C)CC5)CC4)c(C(=O)OCCOCC)c3)CC2)CC1. The summed E-state index contributed by atoms with van der Waals surface area (Å²) in [7, 11) is 0. The van der Waals surface area contributed by atoms with E-state index in [4.69, 9.17) is 47.4 Å². The second kappa shape index (κ2) is 31.9. The van der Waals surface area contributed by atoms with Crippen LogP contribution in [0.4, 0.5) is 0 Å². The largest absolute Gasteiger partial charge is 0.465 e. The summed E-state index contributed by atoms with van der Waals surface area (Å²) in [6.07, 6.45) is 10.6. The van der Waals surface area contributed by atoms with E-state index >= 15 is 0 Å². The maximum atomic E-state index is 13.5.